The molecule has 0 radical (unpaired) electrons. The van der Waals surface area contributed by atoms with Crippen LogP contribution in [-0.2, 0) is 16.1 Å². The van der Waals surface area contributed by atoms with Gasteiger partial charge in [0, 0.05) is 18.4 Å². The average Bonchev–Trinajstić information content (AvgIpc) is 3.36. The fraction of sp³-hybridized carbons (Fsp3) is 0.200. The molecule has 2 aliphatic rings. The second kappa shape index (κ2) is 5.64. The summed E-state index contributed by atoms with van der Waals surface area (Å²) in [5, 5.41) is 0. The third-order valence-electron chi connectivity index (χ3n) is 4.67. The number of carbonyl (C=O) groups excluding carboxylic acids is 2. The van der Waals surface area contributed by atoms with E-state index in [4.69, 9.17) is 5.73 Å². The van der Waals surface area contributed by atoms with Crippen LogP contribution in [0.3, 0.4) is 0 Å². The zero-order valence-electron chi connectivity index (χ0n) is 13.3. The van der Waals surface area contributed by atoms with Crippen molar-refractivity contribution >= 4 is 28.6 Å². The predicted molar refractivity (Wildman–Crippen MR) is 93.9 cm³/mol. The van der Waals surface area contributed by atoms with Crippen LogP contribution in [0, 0.1) is 0 Å². The van der Waals surface area contributed by atoms with Crippen molar-refractivity contribution in [1.29, 1.82) is 0 Å². The van der Waals surface area contributed by atoms with Gasteiger partial charge in [0.05, 0.1) is 12.2 Å². The highest BCUT2D eigenvalue weighted by molar-refractivity contribution is 6.12. The summed E-state index contributed by atoms with van der Waals surface area (Å²) in [6.45, 7) is 0.515. The Morgan fingerprint density at radius 3 is 2.38 bits per heavy atom. The topological polar surface area (TPSA) is 63.4 Å². The highest BCUT2D eigenvalue weighted by atomic mass is 16.2. The minimum absolute atomic E-state index is 0.0687. The lowest BCUT2D eigenvalue weighted by atomic mass is 10.0. The molecule has 2 N–H and O–H groups in total. The molecular formula is C20H18N2O2. The van der Waals surface area contributed by atoms with E-state index in [1.54, 1.807) is 4.90 Å². The van der Waals surface area contributed by atoms with E-state index in [9.17, 15) is 9.59 Å². The third-order valence-corrected chi connectivity index (χ3v) is 4.67. The van der Waals surface area contributed by atoms with Crippen molar-refractivity contribution in [3.05, 3.63) is 65.2 Å². The van der Waals surface area contributed by atoms with Gasteiger partial charge in [-0.1, -0.05) is 42.5 Å². The maximum Gasteiger partial charge on any atom is 0.227 e. The molecule has 0 atom stereocenters. The van der Waals surface area contributed by atoms with Crippen LogP contribution in [-0.4, -0.2) is 11.8 Å². The van der Waals surface area contributed by atoms with E-state index in [1.165, 1.54) is 16.7 Å². The van der Waals surface area contributed by atoms with Crippen molar-refractivity contribution in [2.24, 2.45) is 5.73 Å². The smallest absolute Gasteiger partial charge is 0.227 e. The summed E-state index contributed by atoms with van der Waals surface area (Å²) in [5.74, 6) is -0.517. The quantitative estimate of drug-likeness (QED) is 0.945. The molecule has 4 nitrogen and oxygen atoms in total. The van der Waals surface area contributed by atoms with Crippen molar-refractivity contribution in [1.82, 2.24) is 0 Å². The van der Waals surface area contributed by atoms with Crippen LogP contribution >= 0.6 is 0 Å². The summed E-state index contributed by atoms with van der Waals surface area (Å²) in [4.78, 5) is 25.6. The van der Waals surface area contributed by atoms with Gasteiger partial charge in [0.25, 0.3) is 0 Å². The van der Waals surface area contributed by atoms with Crippen molar-refractivity contribution in [3.8, 4) is 0 Å². The Morgan fingerprint density at radius 1 is 0.917 bits per heavy atom. The fourth-order valence-corrected chi connectivity index (χ4v) is 3.41. The van der Waals surface area contributed by atoms with Crippen LogP contribution < -0.4 is 10.6 Å². The number of hydrogen-bond donors (Lipinski definition) is 1. The Labute approximate surface area is 140 Å². The van der Waals surface area contributed by atoms with Gasteiger partial charge in [-0.05, 0) is 34.8 Å². The maximum atomic E-state index is 12.8. The average molecular weight is 318 g/mol. The van der Waals surface area contributed by atoms with Gasteiger partial charge in [0.2, 0.25) is 11.8 Å². The lowest BCUT2D eigenvalue weighted by Crippen LogP contribution is -2.32. The van der Waals surface area contributed by atoms with Crippen LogP contribution in [0.4, 0.5) is 5.69 Å². The number of nitrogens with two attached hydrogens (primary N) is 1. The molecule has 1 aliphatic heterocycles. The summed E-state index contributed by atoms with van der Waals surface area (Å²) >= 11 is 0. The van der Waals surface area contributed by atoms with Gasteiger partial charge in [0.15, 0.2) is 0 Å². The fourth-order valence-electron chi connectivity index (χ4n) is 3.41. The second-order valence-electron chi connectivity index (χ2n) is 6.25. The van der Waals surface area contributed by atoms with Crippen molar-refractivity contribution in [2.75, 3.05) is 4.90 Å². The Bertz CT molecular complexity index is 883. The number of carbonyl (C=O) groups is 2. The molecule has 1 heterocycles. The van der Waals surface area contributed by atoms with Gasteiger partial charge >= 0.3 is 0 Å². The highest BCUT2D eigenvalue weighted by Crippen LogP contribution is 2.52. The van der Waals surface area contributed by atoms with Gasteiger partial charge in [-0.3, -0.25) is 9.59 Å². The van der Waals surface area contributed by atoms with Crippen LogP contribution in [0.5, 0.6) is 0 Å². The third kappa shape index (κ3) is 2.50. The van der Waals surface area contributed by atoms with E-state index in [0.29, 0.717) is 6.54 Å². The first-order valence-electron chi connectivity index (χ1n) is 8.13. The molecule has 0 spiro atoms. The standard InChI is InChI=1S/C20H18N2O2/c21-19(23)9-10-20(24)22-12-13-5-1-2-6-14(13)16-11-17(16)15-7-3-4-8-18(15)22/h1-8H,9-12H2,(H2,21,23). The minimum Gasteiger partial charge on any atom is -0.370 e. The summed E-state index contributed by atoms with van der Waals surface area (Å²) in [7, 11) is 0. The number of nitrogens with zero attached hydrogens (tertiary/aromatic N) is 1. The summed E-state index contributed by atoms with van der Waals surface area (Å²) in [6.07, 6.45) is 1.18. The molecule has 120 valence electrons. The highest BCUT2D eigenvalue weighted by Gasteiger charge is 2.33. The van der Waals surface area contributed by atoms with Gasteiger partial charge in [0.1, 0.15) is 0 Å². The number of benzene rings is 2. The number of allylic oxidation sites excluding steroid dienone is 2. The first-order valence-corrected chi connectivity index (χ1v) is 8.13. The number of para-hydroxylation sites is 1. The van der Waals surface area contributed by atoms with Crippen LogP contribution in [0.25, 0.3) is 11.1 Å². The molecule has 0 bridgehead atoms. The van der Waals surface area contributed by atoms with E-state index >= 15 is 0 Å². The number of amides is 2. The lowest BCUT2D eigenvalue weighted by molar-refractivity contribution is -0.123. The minimum atomic E-state index is -0.448. The number of rotatable bonds is 3. The van der Waals surface area contributed by atoms with Crippen molar-refractivity contribution < 1.29 is 9.59 Å². The van der Waals surface area contributed by atoms with E-state index in [-0.39, 0.29) is 18.7 Å². The monoisotopic (exact) mass is 318 g/mol. The first-order chi connectivity index (χ1) is 11.6. The van der Waals surface area contributed by atoms with Crippen molar-refractivity contribution in [3.63, 3.8) is 0 Å². The molecule has 0 unspecified atom stereocenters. The van der Waals surface area contributed by atoms with Crippen LogP contribution in [0.2, 0.25) is 0 Å². The van der Waals surface area contributed by atoms with Gasteiger partial charge in [-0.2, -0.15) is 0 Å². The zero-order valence-corrected chi connectivity index (χ0v) is 13.3. The Kier molecular flexibility index (Phi) is 3.45. The largest absolute Gasteiger partial charge is 0.370 e. The zero-order chi connectivity index (χ0) is 16.7. The predicted octanol–water partition coefficient (Wildman–Crippen LogP) is 3.11. The van der Waals surface area contributed by atoms with Gasteiger partial charge < -0.3 is 10.6 Å². The van der Waals surface area contributed by atoms with E-state index in [1.807, 2.05) is 30.3 Å². The Morgan fingerprint density at radius 2 is 1.58 bits per heavy atom. The molecule has 2 amide bonds. The Balaban J connectivity index is 1.80. The molecule has 4 heteroatoms. The number of fused-ring (bicyclic) bond motifs is 4. The molecule has 0 saturated heterocycles. The van der Waals surface area contributed by atoms with Gasteiger partial charge in [-0.25, -0.2) is 0 Å². The van der Waals surface area contributed by atoms with E-state index in [2.05, 4.69) is 18.2 Å². The summed E-state index contributed by atoms with van der Waals surface area (Å²) in [5.41, 5.74) is 12.3. The Hall–Kier alpha value is -2.88. The molecule has 2 aromatic rings. The maximum absolute atomic E-state index is 12.8. The normalized spacial score (nSPS) is 14.9. The molecule has 0 fully saturated rings. The number of hydrogen-bond acceptors (Lipinski definition) is 2. The molecule has 24 heavy (non-hydrogen) atoms. The molecule has 1 aliphatic carbocycles. The summed E-state index contributed by atoms with van der Waals surface area (Å²) in [6, 6.07) is 16.2. The summed E-state index contributed by atoms with van der Waals surface area (Å²) < 4.78 is 0. The number of anilines is 1. The molecule has 0 aromatic heterocycles. The van der Waals surface area contributed by atoms with Crippen LogP contribution in [0.1, 0.15) is 36.0 Å². The molecule has 4 rings (SSSR count). The van der Waals surface area contributed by atoms with E-state index < -0.39 is 5.91 Å². The van der Waals surface area contributed by atoms with E-state index in [0.717, 1.165) is 23.2 Å². The second-order valence-corrected chi connectivity index (χ2v) is 6.25. The SMILES string of the molecule is NC(=O)CCC(=O)N1Cc2ccccc2C2=C(C2)c2ccccc21. The molecular weight excluding hydrogens is 300 g/mol. The first kappa shape index (κ1) is 14.7. The number of primary amides is 1. The molecule has 2 aromatic carbocycles. The van der Waals surface area contributed by atoms with Gasteiger partial charge in [-0.15, -0.1) is 0 Å². The molecule has 0 saturated carbocycles. The lowest BCUT2D eigenvalue weighted by Gasteiger charge is -2.27. The van der Waals surface area contributed by atoms with Crippen molar-refractivity contribution in [2.45, 2.75) is 25.8 Å². The van der Waals surface area contributed by atoms with Crippen LogP contribution in [0.15, 0.2) is 48.5 Å².